The van der Waals surface area contributed by atoms with Gasteiger partial charge in [-0.2, -0.15) is 0 Å². The van der Waals surface area contributed by atoms with E-state index in [1.807, 2.05) is 0 Å². The number of anilines is 1. The van der Waals surface area contributed by atoms with E-state index in [2.05, 4.69) is 10.6 Å². The minimum Gasteiger partial charge on any atom is -0.447 e. The molecule has 26 heavy (non-hydrogen) atoms. The van der Waals surface area contributed by atoms with E-state index in [-0.39, 0.29) is 36.9 Å². The second-order valence-corrected chi connectivity index (χ2v) is 6.50. The van der Waals surface area contributed by atoms with Crippen molar-refractivity contribution in [1.82, 2.24) is 10.6 Å². The monoisotopic (exact) mass is 363 g/mol. The summed E-state index contributed by atoms with van der Waals surface area (Å²) in [5, 5.41) is 5.47. The van der Waals surface area contributed by atoms with Crippen LogP contribution in [0.25, 0.3) is 0 Å². The van der Waals surface area contributed by atoms with Gasteiger partial charge in [0.25, 0.3) is 0 Å². The molecule has 0 spiro atoms. The number of benzene rings is 1. The van der Waals surface area contributed by atoms with Gasteiger partial charge in [0.1, 0.15) is 12.4 Å². The van der Waals surface area contributed by atoms with Gasteiger partial charge in [0.2, 0.25) is 11.8 Å². The molecule has 2 saturated heterocycles. The molecule has 0 aliphatic carbocycles. The minimum atomic E-state index is -0.558. The maximum atomic E-state index is 14.6. The average Bonchev–Trinajstić information content (AvgIpc) is 3.01. The molecule has 0 saturated carbocycles. The van der Waals surface area contributed by atoms with Gasteiger partial charge in [-0.1, -0.05) is 13.0 Å². The molecule has 2 heterocycles. The first-order valence-electron chi connectivity index (χ1n) is 8.78. The highest BCUT2D eigenvalue weighted by Crippen LogP contribution is 2.30. The summed E-state index contributed by atoms with van der Waals surface area (Å²) in [4.78, 5) is 36.1. The fraction of sp³-hybridized carbons (Fsp3) is 0.500. The smallest absolute Gasteiger partial charge is 0.414 e. The quantitative estimate of drug-likeness (QED) is 0.833. The number of ether oxygens (including phenoxy) is 1. The van der Waals surface area contributed by atoms with Gasteiger partial charge in [-0.25, -0.2) is 9.18 Å². The summed E-state index contributed by atoms with van der Waals surface area (Å²) < 4.78 is 19.7. The lowest BCUT2D eigenvalue weighted by atomic mass is 9.91. The van der Waals surface area contributed by atoms with Gasteiger partial charge in [-0.15, -0.1) is 0 Å². The van der Waals surface area contributed by atoms with Crippen molar-refractivity contribution >= 4 is 23.6 Å². The maximum Gasteiger partial charge on any atom is 0.414 e. The van der Waals surface area contributed by atoms with E-state index in [0.29, 0.717) is 37.1 Å². The van der Waals surface area contributed by atoms with Gasteiger partial charge in [-0.3, -0.25) is 14.5 Å². The molecule has 2 unspecified atom stereocenters. The number of hydrogen-bond acceptors (Lipinski definition) is 4. The van der Waals surface area contributed by atoms with Crippen LogP contribution in [0.15, 0.2) is 18.2 Å². The first-order chi connectivity index (χ1) is 12.5. The van der Waals surface area contributed by atoms with E-state index in [1.165, 1.54) is 11.0 Å². The van der Waals surface area contributed by atoms with Gasteiger partial charge >= 0.3 is 6.09 Å². The first-order valence-corrected chi connectivity index (χ1v) is 8.78. The third-order valence-electron chi connectivity index (χ3n) is 4.78. The van der Waals surface area contributed by atoms with E-state index in [0.717, 1.165) is 0 Å². The lowest BCUT2D eigenvalue weighted by Crippen LogP contribution is -2.42. The zero-order valence-electron chi connectivity index (χ0n) is 14.6. The van der Waals surface area contributed by atoms with Crippen LogP contribution < -0.4 is 15.5 Å². The third kappa shape index (κ3) is 3.79. The molecule has 8 heteroatoms. The highest BCUT2D eigenvalue weighted by molar-refractivity contribution is 5.90. The highest BCUT2D eigenvalue weighted by Gasteiger charge is 2.35. The first kappa shape index (κ1) is 18.2. The Labute approximate surface area is 150 Å². The predicted molar refractivity (Wildman–Crippen MR) is 92.3 cm³/mol. The summed E-state index contributed by atoms with van der Waals surface area (Å²) in [6.45, 7) is 2.54. The summed E-state index contributed by atoms with van der Waals surface area (Å²) in [5.74, 6) is -0.633. The molecule has 3 rings (SSSR count). The molecule has 2 atom stereocenters. The number of carbonyl (C=O) groups is 3. The fourth-order valence-electron chi connectivity index (χ4n) is 3.28. The molecule has 1 aromatic rings. The van der Waals surface area contributed by atoms with Crippen LogP contribution in [0.5, 0.6) is 0 Å². The zero-order valence-corrected chi connectivity index (χ0v) is 14.6. The molecule has 2 aliphatic heterocycles. The van der Waals surface area contributed by atoms with Crippen LogP contribution >= 0.6 is 0 Å². The third-order valence-corrected chi connectivity index (χ3v) is 4.78. The van der Waals surface area contributed by atoms with Crippen molar-refractivity contribution in [2.75, 3.05) is 24.6 Å². The lowest BCUT2D eigenvalue weighted by molar-refractivity contribution is -0.122. The number of hydrogen-bond donors (Lipinski definition) is 2. The van der Waals surface area contributed by atoms with Gasteiger partial charge < -0.3 is 15.4 Å². The van der Waals surface area contributed by atoms with E-state index in [4.69, 9.17) is 4.74 Å². The van der Waals surface area contributed by atoms with E-state index in [1.54, 1.807) is 19.1 Å². The number of nitrogens with zero attached hydrogens (tertiary/aromatic N) is 1. The Morgan fingerprint density at radius 2 is 2.23 bits per heavy atom. The van der Waals surface area contributed by atoms with E-state index in [9.17, 15) is 18.8 Å². The summed E-state index contributed by atoms with van der Waals surface area (Å²) in [6.07, 6.45) is 0.768. The molecule has 7 nitrogen and oxygen atoms in total. The molecule has 0 radical (unpaired) electrons. The number of amides is 3. The number of halogens is 1. The van der Waals surface area contributed by atoms with Crippen LogP contribution in [0.4, 0.5) is 14.9 Å². The Hall–Kier alpha value is -2.64. The normalized spacial score (nSPS) is 22.8. The second kappa shape index (κ2) is 7.72. The number of carbonyl (C=O) groups excluding carboxylic acids is 3. The predicted octanol–water partition coefficient (Wildman–Crippen LogP) is 1.67. The van der Waals surface area contributed by atoms with Gasteiger partial charge in [0.05, 0.1) is 11.7 Å². The average molecular weight is 363 g/mol. The van der Waals surface area contributed by atoms with E-state index >= 15 is 0 Å². The Morgan fingerprint density at radius 3 is 2.88 bits per heavy atom. The van der Waals surface area contributed by atoms with Crippen molar-refractivity contribution in [2.45, 2.75) is 38.1 Å². The summed E-state index contributed by atoms with van der Waals surface area (Å²) in [6, 6.07) is 4.26. The van der Waals surface area contributed by atoms with Crippen molar-refractivity contribution in [1.29, 1.82) is 0 Å². The molecule has 140 valence electrons. The van der Waals surface area contributed by atoms with E-state index < -0.39 is 11.9 Å². The molecular weight excluding hydrogens is 341 g/mol. The molecule has 2 aliphatic rings. The Bertz CT molecular complexity index is 714. The molecule has 3 amide bonds. The SMILES string of the molecule is CCC(=O)NCC1COC(=O)N1c1ccc(C2CCC(=O)NC2)c(F)c1. The molecule has 2 N–H and O–H groups in total. The minimum absolute atomic E-state index is 0.0185. The maximum absolute atomic E-state index is 14.6. The number of nitrogens with one attached hydrogen (secondary N) is 2. The van der Waals surface area contributed by atoms with Crippen LogP contribution in [0.2, 0.25) is 0 Å². The topological polar surface area (TPSA) is 87.7 Å². The highest BCUT2D eigenvalue weighted by atomic mass is 19.1. The van der Waals surface area contributed by atoms with Crippen LogP contribution in [0.3, 0.4) is 0 Å². The number of rotatable bonds is 5. The largest absolute Gasteiger partial charge is 0.447 e. The summed E-state index contributed by atoms with van der Waals surface area (Å²) in [7, 11) is 0. The Morgan fingerprint density at radius 1 is 1.42 bits per heavy atom. The van der Waals surface area contributed by atoms with Crippen LogP contribution in [-0.4, -0.2) is 43.6 Å². The Balaban J connectivity index is 1.75. The number of piperidine rings is 1. The summed E-state index contributed by atoms with van der Waals surface area (Å²) in [5.41, 5.74) is 0.918. The molecule has 2 fully saturated rings. The molecular formula is C18H22FN3O4. The van der Waals surface area contributed by atoms with Crippen molar-refractivity contribution < 1.29 is 23.5 Å². The van der Waals surface area contributed by atoms with Crippen LogP contribution in [-0.2, 0) is 14.3 Å². The molecule has 0 aromatic heterocycles. The van der Waals surface area contributed by atoms with Gasteiger partial charge in [0.15, 0.2) is 0 Å². The van der Waals surface area contributed by atoms with Crippen molar-refractivity contribution in [3.05, 3.63) is 29.6 Å². The van der Waals surface area contributed by atoms with Crippen LogP contribution in [0, 0.1) is 5.82 Å². The standard InChI is InChI=1S/C18H22FN3O4/c1-2-16(23)21-9-13-10-26-18(25)22(13)12-4-5-14(15(19)7-12)11-3-6-17(24)20-8-11/h4-5,7,11,13H,2-3,6,8-10H2,1H3,(H,20,24)(H,21,23). The second-order valence-electron chi connectivity index (χ2n) is 6.50. The number of cyclic esters (lactones) is 1. The zero-order chi connectivity index (χ0) is 18.7. The molecule has 1 aromatic carbocycles. The van der Waals surface area contributed by atoms with Crippen LogP contribution in [0.1, 0.15) is 37.7 Å². The Kier molecular flexibility index (Phi) is 5.39. The lowest BCUT2D eigenvalue weighted by Gasteiger charge is -2.25. The fourth-order valence-corrected chi connectivity index (χ4v) is 3.28. The van der Waals surface area contributed by atoms with Crippen molar-refractivity contribution in [2.24, 2.45) is 0 Å². The van der Waals surface area contributed by atoms with Gasteiger partial charge in [0, 0.05) is 31.8 Å². The summed E-state index contributed by atoms with van der Waals surface area (Å²) >= 11 is 0. The van der Waals surface area contributed by atoms with Gasteiger partial charge in [-0.05, 0) is 24.1 Å². The van der Waals surface area contributed by atoms with Crippen molar-refractivity contribution in [3.63, 3.8) is 0 Å². The molecule has 0 bridgehead atoms. The van der Waals surface area contributed by atoms with Crippen molar-refractivity contribution in [3.8, 4) is 0 Å².